The minimum atomic E-state index is -2.75. The third-order valence-electron chi connectivity index (χ3n) is 5.13. The quantitative estimate of drug-likeness (QED) is 0.258. The van der Waals surface area contributed by atoms with Crippen molar-refractivity contribution in [2.45, 2.75) is 47.1 Å². The average Bonchev–Trinajstić information content (AvgIpc) is 2.77. The maximum Gasteiger partial charge on any atom is 0.500 e. The molecule has 0 unspecified atom stereocenters. The van der Waals surface area contributed by atoms with Gasteiger partial charge in [-0.05, 0) is 59.2 Å². The lowest BCUT2D eigenvalue weighted by molar-refractivity contribution is 0.0704. The number of hydrogen-bond donors (Lipinski definition) is 1. The van der Waals surface area contributed by atoms with Crippen LogP contribution in [0.2, 0.25) is 6.04 Å². The molecule has 0 fully saturated rings. The summed E-state index contributed by atoms with van der Waals surface area (Å²) in [5.41, 5.74) is 0.801. The zero-order valence-electron chi connectivity index (χ0n) is 19.9. The number of anilines is 1. The molecule has 32 heavy (non-hydrogen) atoms. The summed E-state index contributed by atoms with van der Waals surface area (Å²) in [6.45, 7) is 13.5. The van der Waals surface area contributed by atoms with Crippen molar-refractivity contribution >= 4 is 31.4 Å². The topological polar surface area (TPSA) is 90.2 Å². The van der Waals surface area contributed by atoms with Crippen LogP contribution in [0.1, 0.15) is 51.4 Å². The van der Waals surface area contributed by atoms with Crippen LogP contribution in [0.3, 0.4) is 0 Å². The SMILES string of the molecule is CCO[Si](CCCNC(=O)c1cc2ccc(N(CC)CC)cc2oc1=O)(OCC)OCC. The molecule has 0 saturated heterocycles. The second-order valence-electron chi connectivity index (χ2n) is 7.18. The normalized spacial score (nSPS) is 11.7. The molecule has 1 amide bonds. The van der Waals surface area contributed by atoms with E-state index in [1.165, 1.54) is 0 Å². The Morgan fingerprint density at radius 1 is 1.00 bits per heavy atom. The Balaban J connectivity index is 2.06. The highest BCUT2D eigenvalue weighted by Crippen LogP contribution is 2.22. The standard InChI is InChI=1S/C23H36N2O6Si/c1-6-25(7-2)19-13-12-18-16-20(23(27)31-21(18)17-19)22(26)24-14-11-15-32(28-8-3,29-9-4)30-10-5/h12-13,16-17H,6-11,14-15H2,1-5H3,(H,24,26). The van der Waals surface area contributed by atoms with E-state index in [0.717, 1.165) is 18.8 Å². The highest BCUT2D eigenvalue weighted by molar-refractivity contribution is 6.60. The maximum absolute atomic E-state index is 12.6. The first kappa shape index (κ1) is 26.1. The van der Waals surface area contributed by atoms with Gasteiger partial charge in [-0.15, -0.1) is 0 Å². The molecule has 1 N–H and O–H groups in total. The van der Waals surface area contributed by atoms with Crippen molar-refractivity contribution in [1.29, 1.82) is 0 Å². The lowest BCUT2D eigenvalue weighted by Crippen LogP contribution is -2.46. The maximum atomic E-state index is 12.6. The lowest BCUT2D eigenvalue weighted by atomic mass is 10.1. The van der Waals surface area contributed by atoms with Crippen LogP contribution in [0.4, 0.5) is 5.69 Å². The van der Waals surface area contributed by atoms with E-state index in [0.29, 0.717) is 49.8 Å². The Bertz CT molecular complexity index is 911. The zero-order chi connectivity index (χ0) is 23.6. The molecular formula is C23H36N2O6Si. The van der Waals surface area contributed by atoms with Crippen LogP contribution in [-0.2, 0) is 13.3 Å². The Morgan fingerprint density at radius 2 is 1.62 bits per heavy atom. The molecule has 2 aromatic rings. The van der Waals surface area contributed by atoms with Crippen LogP contribution < -0.4 is 15.8 Å². The molecule has 9 heteroatoms. The lowest BCUT2D eigenvalue weighted by Gasteiger charge is -2.28. The highest BCUT2D eigenvalue weighted by Gasteiger charge is 2.39. The Morgan fingerprint density at radius 3 is 2.19 bits per heavy atom. The molecule has 2 rings (SSSR count). The van der Waals surface area contributed by atoms with Crippen LogP contribution >= 0.6 is 0 Å². The molecule has 0 spiro atoms. The van der Waals surface area contributed by atoms with Crippen LogP contribution in [0.15, 0.2) is 33.5 Å². The molecular weight excluding hydrogens is 428 g/mol. The van der Waals surface area contributed by atoms with Gasteiger partial charge in [-0.2, -0.15) is 0 Å². The molecule has 0 aliphatic heterocycles. The first-order valence-corrected chi connectivity index (χ1v) is 13.4. The van der Waals surface area contributed by atoms with Gasteiger partial charge in [0.2, 0.25) is 0 Å². The van der Waals surface area contributed by atoms with Crippen LogP contribution in [0, 0.1) is 0 Å². The Labute approximate surface area is 191 Å². The van der Waals surface area contributed by atoms with E-state index in [1.54, 1.807) is 6.07 Å². The smallest absolute Gasteiger partial charge is 0.422 e. The molecule has 1 aromatic carbocycles. The predicted octanol–water partition coefficient (Wildman–Crippen LogP) is 3.81. The summed E-state index contributed by atoms with van der Waals surface area (Å²) < 4.78 is 22.9. The van der Waals surface area contributed by atoms with Gasteiger partial charge in [0.1, 0.15) is 11.1 Å². The summed E-state index contributed by atoms with van der Waals surface area (Å²) in [5, 5.41) is 3.51. The third-order valence-corrected chi connectivity index (χ3v) is 8.28. The van der Waals surface area contributed by atoms with Crippen molar-refractivity contribution in [1.82, 2.24) is 5.32 Å². The number of rotatable bonds is 14. The van der Waals surface area contributed by atoms with Gasteiger partial charge in [0, 0.05) is 62.6 Å². The number of amides is 1. The number of carbonyl (C=O) groups excluding carboxylic acids is 1. The number of nitrogens with one attached hydrogen (secondary N) is 1. The van der Waals surface area contributed by atoms with E-state index in [4.69, 9.17) is 17.7 Å². The number of hydrogen-bond acceptors (Lipinski definition) is 7. The summed E-state index contributed by atoms with van der Waals surface area (Å²) in [6, 6.07) is 7.85. The molecule has 0 radical (unpaired) electrons. The van der Waals surface area contributed by atoms with Gasteiger partial charge >= 0.3 is 14.4 Å². The fourth-order valence-corrected chi connectivity index (χ4v) is 6.26. The van der Waals surface area contributed by atoms with Crippen molar-refractivity contribution < 1.29 is 22.5 Å². The fraction of sp³-hybridized carbons (Fsp3) is 0.565. The van der Waals surface area contributed by atoms with Crippen LogP contribution in [0.25, 0.3) is 11.0 Å². The minimum absolute atomic E-state index is 0.00368. The summed E-state index contributed by atoms with van der Waals surface area (Å²) >= 11 is 0. The molecule has 8 nitrogen and oxygen atoms in total. The number of benzene rings is 1. The van der Waals surface area contributed by atoms with Gasteiger partial charge in [-0.25, -0.2) is 4.79 Å². The van der Waals surface area contributed by atoms with Crippen LogP contribution in [-0.4, -0.2) is 54.2 Å². The van der Waals surface area contributed by atoms with E-state index < -0.39 is 20.3 Å². The van der Waals surface area contributed by atoms with Gasteiger partial charge in [0.05, 0.1) is 0 Å². The van der Waals surface area contributed by atoms with Crippen LogP contribution in [0.5, 0.6) is 0 Å². The summed E-state index contributed by atoms with van der Waals surface area (Å²) in [6.07, 6.45) is 0.615. The van der Waals surface area contributed by atoms with Gasteiger partial charge < -0.3 is 27.9 Å². The number of carbonyl (C=O) groups is 1. The predicted molar refractivity (Wildman–Crippen MR) is 128 cm³/mol. The van der Waals surface area contributed by atoms with E-state index in [1.807, 2.05) is 39.0 Å². The molecule has 0 atom stereocenters. The molecule has 1 aromatic heterocycles. The van der Waals surface area contributed by atoms with E-state index in [2.05, 4.69) is 24.1 Å². The molecule has 178 valence electrons. The van der Waals surface area contributed by atoms with Crippen molar-refractivity contribution in [2.24, 2.45) is 0 Å². The fourth-order valence-electron chi connectivity index (χ4n) is 3.65. The molecule has 0 aliphatic carbocycles. The second-order valence-corrected chi connectivity index (χ2v) is 9.92. The number of fused-ring (bicyclic) bond motifs is 1. The highest BCUT2D eigenvalue weighted by atomic mass is 28.4. The van der Waals surface area contributed by atoms with Gasteiger partial charge in [-0.1, -0.05) is 0 Å². The van der Waals surface area contributed by atoms with Crippen molar-refractivity contribution in [3.63, 3.8) is 0 Å². The first-order valence-electron chi connectivity index (χ1n) is 11.5. The Hall–Kier alpha value is -2.20. The number of nitrogens with zero attached hydrogens (tertiary/aromatic N) is 1. The van der Waals surface area contributed by atoms with E-state index >= 15 is 0 Å². The molecule has 0 aliphatic rings. The molecule has 1 heterocycles. The third kappa shape index (κ3) is 6.65. The zero-order valence-corrected chi connectivity index (χ0v) is 20.9. The van der Waals surface area contributed by atoms with Gasteiger partial charge in [-0.3, -0.25) is 4.79 Å². The first-order chi connectivity index (χ1) is 15.4. The van der Waals surface area contributed by atoms with Gasteiger partial charge in [0.25, 0.3) is 5.91 Å². The van der Waals surface area contributed by atoms with E-state index in [9.17, 15) is 9.59 Å². The molecule has 0 saturated carbocycles. The largest absolute Gasteiger partial charge is 0.500 e. The average molecular weight is 465 g/mol. The summed E-state index contributed by atoms with van der Waals surface area (Å²) in [4.78, 5) is 27.2. The Kier molecular flexibility index (Phi) is 10.4. The summed E-state index contributed by atoms with van der Waals surface area (Å²) in [7, 11) is -2.75. The monoisotopic (exact) mass is 464 g/mol. The second kappa shape index (κ2) is 12.7. The summed E-state index contributed by atoms with van der Waals surface area (Å²) in [5.74, 6) is -0.454. The minimum Gasteiger partial charge on any atom is -0.422 e. The van der Waals surface area contributed by atoms with E-state index in [-0.39, 0.29) is 5.56 Å². The van der Waals surface area contributed by atoms with Crippen molar-refractivity contribution in [3.8, 4) is 0 Å². The molecule has 0 bridgehead atoms. The van der Waals surface area contributed by atoms with Gasteiger partial charge in [0.15, 0.2) is 0 Å². The van der Waals surface area contributed by atoms with Crippen molar-refractivity contribution in [3.05, 3.63) is 40.2 Å². The van der Waals surface area contributed by atoms with Crippen molar-refractivity contribution in [2.75, 3.05) is 44.4 Å².